The van der Waals surface area contributed by atoms with Gasteiger partial charge in [0.05, 0.1) is 17.6 Å². The topological polar surface area (TPSA) is 134 Å². The molecule has 0 spiro atoms. The number of carboxylic acid groups (broad SMARTS) is 1. The fourth-order valence-corrected chi connectivity index (χ4v) is 3.86. The fourth-order valence-electron chi connectivity index (χ4n) is 2.40. The third kappa shape index (κ3) is 5.11. The van der Waals surface area contributed by atoms with Crippen LogP contribution in [0.1, 0.15) is 29.9 Å². The molecular weight excluding hydrogens is 374 g/mol. The monoisotopic (exact) mass is 395 g/mol. The molecule has 10 nitrogen and oxygen atoms in total. The first-order chi connectivity index (χ1) is 12.8. The molecule has 0 aliphatic rings. The molecule has 2 aromatic rings. The van der Waals surface area contributed by atoms with Crippen LogP contribution < -0.4 is 5.32 Å². The number of carbonyl (C=O) groups excluding carboxylic acids is 1. The van der Waals surface area contributed by atoms with Crippen molar-refractivity contribution in [2.45, 2.75) is 31.8 Å². The molecule has 2 rings (SSSR count). The molecule has 1 aromatic heterocycles. The first-order valence-electron chi connectivity index (χ1n) is 8.27. The Hall–Kier alpha value is -2.79. The maximum atomic E-state index is 12.4. The highest BCUT2D eigenvalue weighted by atomic mass is 32.2. The number of carbonyl (C=O) groups is 2. The van der Waals surface area contributed by atoms with Gasteiger partial charge in [-0.25, -0.2) is 13.1 Å². The zero-order valence-electron chi connectivity index (χ0n) is 15.0. The van der Waals surface area contributed by atoms with Gasteiger partial charge in [-0.1, -0.05) is 19.1 Å². The lowest BCUT2D eigenvalue weighted by Crippen LogP contribution is -2.30. The van der Waals surface area contributed by atoms with E-state index in [1.54, 1.807) is 13.8 Å². The van der Waals surface area contributed by atoms with Gasteiger partial charge >= 0.3 is 5.97 Å². The molecule has 11 heteroatoms. The number of nitrogens with one attached hydrogen (secondary N) is 1. The van der Waals surface area contributed by atoms with Crippen LogP contribution >= 0.6 is 0 Å². The number of carboxylic acids is 1. The molecule has 1 aromatic carbocycles. The van der Waals surface area contributed by atoms with Gasteiger partial charge in [0.2, 0.25) is 10.0 Å². The Balaban J connectivity index is 2.01. The van der Waals surface area contributed by atoms with Crippen molar-refractivity contribution in [3.63, 3.8) is 0 Å². The summed E-state index contributed by atoms with van der Waals surface area (Å²) in [5, 5.41) is 18.7. The van der Waals surface area contributed by atoms with Crippen molar-refractivity contribution in [2.24, 2.45) is 0 Å². The number of amides is 1. The zero-order valence-corrected chi connectivity index (χ0v) is 15.8. The van der Waals surface area contributed by atoms with E-state index in [1.807, 2.05) is 0 Å². The Morgan fingerprint density at radius 1 is 1.19 bits per heavy atom. The third-order valence-electron chi connectivity index (χ3n) is 3.77. The SMILES string of the molecule is CCN(CC)S(=O)(=O)c1ccc(C(=O)NCc2cn(CC(=O)O)nn2)cc1. The van der Waals surface area contributed by atoms with Gasteiger partial charge in [-0.3, -0.25) is 9.59 Å². The van der Waals surface area contributed by atoms with Crippen LogP contribution in [0.4, 0.5) is 0 Å². The Kier molecular flexibility index (Phi) is 6.64. The fraction of sp³-hybridized carbons (Fsp3) is 0.375. The van der Waals surface area contributed by atoms with E-state index in [4.69, 9.17) is 5.11 Å². The zero-order chi connectivity index (χ0) is 20.0. The van der Waals surface area contributed by atoms with E-state index in [9.17, 15) is 18.0 Å². The largest absolute Gasteiger partial charge is 0.480 e. The first kappa shape index (κ1) is 20.5. The van der Waals surface area contributed by atoms with E-state index >= 15 is 0 Å². The minimum Gasteiger partial charge on any atom is -0.480 e. The number of hydrogen-bond donors (Lipinski definition) is 2. The number of rotatable bonds is 9. The smallest absolute Gasteiger partial charge is 0.325 e. The van der Waals surface area contributed by atoms with Crippen LogP contribution in [-0.2, 0) is 27.9 Å². The highest BCUT2D eigenvalue weighted by Gasteiger charge is 2.21. The van der Waals surface area contributed by atoms with Gasteiger partial charge in [0.25, 0.3) is 5.91 Å². The third-order valence-corrected chi connectivity index (χ3v) is 5.84. The van der Waals surface area contributed by atoms with Crippen molar-refractivity contribution in [2.75, 3.05) is 13.1 Å². The first-order valence-corrected chi connectivity index (χ1v) is 9.71. The van der Waals surface area contributed by atoms with Crippen molar-refractivity contribution in [3.05, 3.63) is 41.7 Å². The van der Waals surface area contributed by atoms with E-state index in [-0.39, 0.29) is 18.0 Å². The minimum atomic E-state index is -3.57. The van der Waals surface area contributed by atoms with E-state index in [1.165, 1.54) is 34.8 Å². The van der Waals surface area contributed by atoms with Crippen LogP contribution in [0, 0.1) is 0 Å². The van der Waals surface area contributed by atoms with Gasteiger partial charge in [-0.2, -0.15) is 4.31 Å². The molecule has 0 aliphatic carbocycles. The van der Waals surface area contributed by atoms with Crippen LogP contribution in [0.25, 0.3) is 0 Å². The van der Waals surface area contributed by atoms with Crippen LogP contribution in [-0.4, -0.2) is 57.8 Å². The minimum absolute atomic E-state index is 0.0674. The molecule has 1 heterocycles. The van der Waals surface area contributed by atoms with Crippen molar-refractivity contribution >= 4 is 21.9 Å². The molecule has 0 atom stereocenters. The Bertz CT molecular complexity index is 904. The molecule has 0 saturated heterocycles. The van der Waals surface area contributed by atoms with E-state index in [0.29, 0.717) is 24.3 Å². The number of aromatic nitrogens is 3. The summed E-state index contributed by atoms with van der Waals surface area (Å²) in [4.78, 5) is 22.9. The number of sulfonamides is 1. The van der Waals surface area contributed by atoms with Crippen molar-refractivity contribution in [1.82, 2.24) is 24.6 Å². The highest BCUT2D eigenvalue weighted by molar-refractivity contribution is 7.89. The summed E-state index contributed by atoms with van der Waals surface area (Å²) in [6.45, 7) is 4.00. The Labute approximate surface area is 156 Å². The molecule has 0 bridgehead atoms. The lowest BCUT2D eigenvalue weighted by atomic mass is 10.2. The highest BCUT2D eigenvalue weighted by Crippen LogP contribution is 2.16. The van der Waals surface area contributed by atoms with Crippen LogP contribution in [0.15, 0.2) is 35.4 Å². The predicted molar refractivity (Wildman–Crippen MR) is 95.4 cm³/mol. The summed E-state index contributed by atoms with van der Waals surface area (Å²) < 4.78 is 27.3. The number of nitrogens with zero attached hydrogens (tertiary/aromatic N) is 4. The lowest BCUT2D eigenvalue weighted by molar-refractivity contribution is -0.137. The van der Waals surface area contributed by atoms with E-state index in [0.717, 1.165) is 4.68 Å². The van der Waals surface area contributed by atoms with E-state index in [2.05, 4.69) is 15.6 Å². The quantitative estimate of drug-likeness (QED) is 0.624. The second kappa shape index (κ2) is 8.73. The van der Waals surface area contributed by atoms with Gasteiger partial charge in [0, 0.05) is 18.7 Å². The van der Waals surface area contributed by atoms with Gasteiger partial charge in [-0.15, -0.1) is 5.10 Å². The normalized spacial score (nSPS) is 11.5. The molecule has 0 aliphatic heterocycles. The van der Waals surface area contributed by atoms with Crippen molar-refractivity contribution in [3.8, 4) is 0 Å². The standard InChI is InChI=1S/C16H21N5O5S/c1-3-21(4-2)27(25,26)14-7-5-12(6-8-14)16(24)17-9-13-10-20(19-18-13)11-15(22)23/h5-8,10H,3-4,9,11H2,1-2H3,(H,17,24)(H,22,23). The van der Waals surface area contributed by atoms with Gasteiger partial charge in [-0.05, 0) is 24.3 Å². The summed E-state index contributed by atoms with van der Waals surface area (Å²) in [7, 11) is -3.57. The molecule has 146 valence electrons. The maximum absolute atomic E-state index is 12.4. The van der Waals surface area contributed by atoms with Crippen molar-refractivity contribution < 1.29 is 23.1 Å². The van der Waals surface area contributed by atoms with Gasteiger partial charge in [0.1, 0.15) is 12.2 Å². The molecule has 27 heavy (non-hydrogen) atoms. The molecule has 2 N–H and O–H groups in total. The molecule has 0 saturated carbocycles. The molecule has 0 radical (unpaired) electrons. The van der Waals surface area contributed by atoms with Crippen LogP contribution in [0.2, 0.25) is 0 Å². The average Bonchev–Trinajstić information content (AvgIpc) is 3.07. The number of aliphatic carboxylic acids is 1. The Morgan fingerprint density at radius 2 is 1.81 bits per heavy atom. The maximum Gasteiger partial charge on any atom is 0.325 e. The number of benzene rings is 1. The summed E-state index contributed by atoms with van der Waals surface area (Å²) in [6.07, 6.45) is 1.42. The molecule has 0 fully saturated rings. The Morgan fingerprint density at radius 3 is 2.37 bits per heavy atom. The van der Waals surface area contributed by atoms with Crippen LogP contribution in [0.3, 0.4) is 0 Å². The van der Waals surface area contributed by atoms with Gasteiger partial charge < -0.3 is 10.4 Å². The molecule has 1 amide bonds. The average molecular weight is 395 g/mol. The summed E-state index contributed by atoms with van der Waals surface area (Å²) in [5.74, 6) is -1.45. The second-order valence-electron chi connectivity index (χ2n) is 5.60. The van der Waals surface area contributed by atoms with Gasteiger partial charge in [0.15, 0.2) is 0 Å². The van der Waals surface area contributed by atoms with Crippen molar-refractivity contribution in [1.29, 1.82) is 0 Å². The lowest BCUT2D eigenvalue weighted by Gasteiger charge is -2.18. The molecular formula is C16H21N5O5S. The van der Waals surface area contributed by atoms with E-state index < -0.39 is 21.9 Å². The molecule has 0 unspecified atom stereocenters. The second-order valence-corrected chi connectivity index (χ2v) is 7.54. The summed E-state index contributed by atoms with van der Waals surface area (Å²) in [6, 6.07) is 5.66. The predicted octanol–water partition coefficient (Wildman–Crippen LogP) is 0.323. The summed E-state index contributed by atoms with van der Waals surface area (Å²) >= 11 is 0. The van der Waals surface area contributed by atoms with Crippen LogP contribution in [0.5, 0.6) is 0 Å². The summed E-state index contributed by atoms with van der Waals surface area (Å²) in [5.41, 5.74) is 0.705. The number of hydrogen-bond acceptors (Lipinski definition) is 6.